The Morgan fingerprint density at radius 2 is 1.88 bits per heavy atom. The Morgan fingerprint density at radius 1 is 1.35 bits per heavy atom. The number of primary sulfonamides is 1. The Balaban J connectivity index is 3.39. The third kappa shape index (κ3) is 3.43. The van der Waals surface area contributed by atoms with E-state index in [1.54, 1.807) is 6.92 Å². The van der Waals surface area contributed by atoms with E-state index in [9.17, 15) is 21.6 Å². The normalized spacial score (nSPS) is 14.7. The summed E-state index contributed by atoms with van der Waals surface area (Å²) in [5.41, 5.74) is 0.293. The van der Waals surface area contributed by atoms with Crippen molar-refractivity contribution in [2.75, 3.05) is 0 Å². The van der Waals surface area contributed by atoms with E-state index in [0.717, 1.165) is 12.1 Å². The second-order valence-corrected chi connectivity index (χ2v) is 6.02. The molecule has 0 saturated heterocycles. The van der Waals surface area contributed by atoms with E-state index in [0.29, 0.717) is 10.0 Å². The molecule has 0 aliphatic heterocycles. The van der Waals surface area contributed by atoms with Crippen LogP contribution in [0.25, 0.3) is 0 Å². The highest BCUT2D eigenvalue weighted by Gasteiger charge is 2.48. The molecule has 17 heavy (non-hydrogen) atoms. The molecule has 0 fully saturated rings. The maximum atomic E-state index is 12.7. The van der Waals surface area contributed by atoms with Gasteiger partial charge in [-0.3, -0.25) is 0 Å². The molecular weight excluding hydrogens is 323 g/mol. The van der Waals surface area contributed by atoms with Crippen LogP contribution in [0, 0.1) is 6.92 Å². The Hall–Kier alpha value is -0.600. The summed E-state index contributed by atoms with van der Waals surface area (Å²) in [7, 11) is -4.75. The molecule has 0 heterocycles. The van der Waals surface area contributed by atoms with E-state index in [4.69, 9.17) is 0 Å². The SMILES string of the molecule is Cc1ccc(C(C(F)(F)F)S(N)(=O)=O)cc1Br. The van der Waals surface area contributed by atoms with Crippen molar-refractivity contribution in [1.29, 1.82) is 0 Å². The Morgan fingerprint density at radius 3 is 2.24 bits per heavy atom. The van der Waals surface area contributed by atoms with Crippen molar-refractivity contribution in [2.45, 2.75) is 18.3 Å². The van der Waals surface area contributed by atoms with Crippen LogP contribution in [0.4, 0.5) is 13.2 Å². The van der Waals surface area contributed by atoms with Gasteiger partial charge in [0.2, 0.25) is 10.0 Å². The number of nitrogens with two attached hydrogens (primary N) is 1. The van der Waals surface area contributed by atoms with Crippen LogP contribution in [-0.4, -0.2) is 14.6 Å². The van der Waals surface area contributed by atoms with Crippen molar-refractivity contribution in [3.63, 3.8) is 0 Å². The van der Waals surface area contributed by atoms with Gasteiger partial charge in [-0.1, -0.05) is 28.1 Å². The van der Waals surface area contributed by atoms with Crippen molar-refractivity contribution in [2.24, 2.45) is 5.14 Å². The number of halogens is 4. The number of aryl methyl sites for hydroxylation is 1. The molecule has 1 atom stereocenters. The van der Waals surface area contributed by atoms with Gasteiger partial charge in [-0.25, -0.2) is 13.6 Å². The highest BCUT2D eigenvalue weighted by molar-refractivity contribution is 9.10. The zero-order valence-electron chi connectivity index (χ0n) is 8.62. The highest BCUT2D eigenvalue weighted by atomic mass is 79.9. The molecule has 2 N–H and O–H groups in total. The quantitative estimate of drug-likeness (QED) is 0.905. The monoisotopic (exact) mass is 331 g/mol. The molecule has 3 nitrogen and oxygen atoms in total. The average Bonchev–Trinajstić information content (AvgIpc) is 2.06. The van der Waals surface area contributed by atoms with Crippen LogP contribution < -0.4 is 5.14 Å². The van der Waals surface area contributed by atoms with Crippen LogP contribution in [0.2, 0.25) is 0 Å². The maximum absolute atomic E-state index is 12.7. The van der Waals surface area contributed by atoms with Crippen LogP contribution in [-0.2, 0) is 10.0 Å². The first-order valence-electron chi connectivity index (χ1n) is 4.38. The summed E-state index contributed by atoms with van der Waals surface area (Å²) in [6.45, 7) is 1.67. The van der Waals surface area contributed by atoms with E-state index in [1.165, 1.54) is 6.07 Å². The lowest BCUT2D eigenvalue weighted by molar-refractivity contribution is -0.131. The second-order valence-electron chi connectivity index (χ2n) is 3.52. The van der Waals surface area contributed by atoms with Gasteiger partial charge in [0.05, 0.1) is 0 Å². The molecular formula is C9H9BrF3NO2S. The van der Waals surface area contributed by atoms with Crippen LogP contribution >= 0.6 is 15.9 Å². The molecule has 0 aromatic heterocycles. The van der Waals surface area contributed by atoms with Crippen LogP contribution in [0.15, 0.2) is 22.7 Å². The van der Waals surface area contributed by atoms with E-state index >= 15 is 0 Å². The van der Waals surface area contributed by atoms with Crippen molar-refractivity contribution < 1.29 is 21.6 Å². The number of hydrogen-bond acceptors (Lipinski definition) is 2. The maximum Gasteiger partial charge on any atom is 0.410 e. The first kappa shape index (κ1) is 14.5. The average molecular weight is 332 g/mol. The summed E-state index contributed by atoms with van der Waals surface area (Å²) in [5.74, 6) is 0. The van der Waals surface area contributed by atoms with Gasteiger partial charge in [-0.2, -0.15) is 13.2 Å². The Bertz CT molecular complexity index is 528. The van der Waals surface area contributed by atoms with Crippen LogP contribution in [0.3, 0.4) is 0 Å². The molecule has 1 aromatic rings. The molecule has 0 radical (unpaired) electrons. The van der Waals surface area contributed by atoms with Crippen molar-refractivity contribution >= 4 is 26.0 Å². The predicted molar refractivity (Wildman–Crippen MR) is 60.8 cm³/mol. The number of hydrogen-bond donors (Lipinski definition) is 1. The molecule has 8 heteroatoms. The summed E-state index contributed by atoms with van der Waals surface area (Å²) in [5, 5.41) is 1.92. The lowest BCUT2D eigenvalue weighted by atomic mass is 10.1. The van der Waals surface area contributed by atoms with E-state index in [-0.39, 0.29) is 0 Å². The highest BCUT2D eigenvalue weighted by Crippen LogP contribution is 2.38. The topological polar surface area (TPSA) is 60.2 Å². The van der Waals surface area contributed by atoms with Gasteiger partial charge in [0.15, 0.2) is 5.25 Å². The smallest absolute Gasteiger partial charge is 0.228 e. The minimum atomic E-state index is -4.94. The molecule has 0 spiro atoms. The van der Waals surface area contributed by atoms with Gasteiger partial charge in [0, 0.05) is 4.47 Å². The largest absolute Gasteiger partial charge is 0.410 e. The summed E-state index contributed by atoms with van der Waals surface area (Å²) in [6.07, 6.45) is -4.94. The van der Waals surface area contributed by atoms with Gasteiger partial charge in [0.25, 0.3) is 0 Å². The Kier molecular flexibility index (Phi) is 3.90. The molecule has 0 saturated carbocycles. The van der Waals surface area contributed by atoms with Crippen molar-refractivity contribution in [1.82, 2.24) is 0 Å². The lowest BCUT2D eigenvalue weighted by Gasteiger charge is -2.19. The minimum absolute atomic E-state index is 0.396. The molecule has 0 bridgehead atoms. The van der Waals surface area contributed by atoms with E-state index < -0.39 is 27.0 Å². The first-order chi connectivity index (χ1) is 7.53. The zero-order valence-corrected chi connectivity index (χ0v) is 11.0. The standard InChI is InChI=1S/C9H9BrF3NO2S/c1-5-2-3-6(4-7(5)10)8(9(11,12)13)17(14,15)16/h2-4,8H,1H3,(H2,14,15,16). The fourth-order valence-corrected chi connectivity index (χ4v) is 2.63. The van der Waals surface area contributed by atoms with Crippen LogP contribution in [0.1, 0.15) is 16.4 Å². The van der Waals surface area contributed by atoms with E-state index in [1.807, 2.05) is 0 Å². The summed E-state index contributed by atoms with van der Waals surface area (Å²) in [4.78, 5) is 0. The number of benzene rings is 1. The number of alkyl halides is 3. The van der Waals surface area contributed by atoms with Crippen molar-refractivity contribution in [3.05, 3.63) is 33.8 Å². The zero-order chi connectivity index (χ0) is 13.4. The molecule has 1 rings (SSSR count). The summed E-state index contributed by atoms with van der Waals surface area (Å²) in [6, 6.07) is 3.60. The molecule has 0 aliphatic carbocycles. The predicted octanol–water partition coefficient (Wildman–Crippen LogP) is 2.65. The van der Waals surface area contributed by atoms with Crippen LogP contribution in [0.5, 0.6) is 0 Å². The molecule has 0 amide bonds. The molecule has 0 aliphatic rings. The van der Waals surface area contributed by atoms with Gasteiger partial charge in [-0.05, 0) is 24.1 Å². The minimum Gasteiger partial charge on any atom is -0.228 e. The fourth-order valence-electron chi connectivity index (χ4n) is 1.34. The second kappa shape index (κ2) is 4.58. The first-order valence-corrected chi connectivity index (χ1v) is 6.78. The van der Waals surface area contributed by atoms with Gasteiger partial charge in [0.1, 0.15) is 0 Å². The molecule has 96 valence electrons. The van der Waals surface area contributed by atoms with Crippen molar-refractivity contribution in [3.8, 4) is 0 Å². The third-order valence-corrected chi connectivity index (χ3v) is 4.18. The number of sulfonamides is 1. The Labute approximate surface area is 105 Å². The van der Waals surface area contributed by atoms with Gasteiger partial charge >= 0.3 is 6.18 Å². The van der Waals surface area contributed by atoms with Gasteiger partial charge < -0.3 is 0 Å². The fraction of sp³-hybridized carbons (Fsp3) is 0.333. The summed E-state index contributed by atoms with van der Waals surface area (Å²) < 4.78 is 60.4. The van der Waals surface area contributed by atoms with Gasteiger partial charge in [-0.15, -0.1) is 0 Å². The molecule has 1 unspecified atom stereocenters. The number of rotatable bonds is 2. The lowest BCUT2D eigenvalue weighted by Crippen LogP contribution is -2.33. The molecule has 1 aromatic carbocycles. The third-order valence-electron chi connectivity index (χ3n) is 2.12. The summed E-state index contributed by atoms with van der Waals surface area (Å²) >= 11 is 3.04. The van der Waals surface area contributed by atoms with E-state index in [2.05, 4.69) is 21.1 Å².